The minimum atomic E-state index is -0.426. The van der Waals surface area contributed by atoms with E-state index in [9.17, 15) is 14.0 Å². The fourth-order valence-electron chi connectivity index (χ4n) is 3.55. The number of aryl methyl sites for hydroxylation is 1. The molecule has 1 N–H and O–H groups in total. The van der Waals surface area contributed by atoms with Crippen LogP contribution in [0.2, 0.25) is 0 Å². The number of nitrogens with one attached hydrogen (secondary N) is 1. The number of hydrogen-bond acceptors (Lipinski definition) is 4. The van der Waals surface area contributed by atoms with Gasteiger partial charge >= 0.3 is 0 Å². The second-order valence-corrected chi connectivity index (χ2v) is 7.31. The van der Waals surface area contributed by atoms with Crippen molar-refractivity contribution in [3.05, 3.63) is 75.6 Å². The van der Waals surface area contributed by atoms with E-state index in [2.05, 4.69) is 9.97 Å². The van der Waals surface area contributed by atoms with Crippen LogP contribution in [0.1, 0.15) is 34.6 Å². The van der Waals surface area contributed by atoms with Gasteiger partial charge in [0.15, 0.2) is 0 Å². The third-order valence-electron chi connectivity index (χ3n) is 5.16. The smallest absolute Gasteiger partial charge is 0.258 e. The maximum absolute atomic E-state index is 14.0. The summed E-state index contributed by atoms with van der Waals surface area (Å²) in [5, 5.41) is 0.494. The molecular formula is C22H22FN3O3. The highest BCUT2D eigenvalue weighted by atomic mass is 19.1. The first-order chi connectivity index (χ1) is 14.0. The topological polar surface area (TPSA) is 75.3 Å². The summed E-state index contributed by atoms with van der Waals surface area (Å²) in [6, 6.07) is 11.5. The predicted molar refractivity (Wildman–Crippen MR) is 107 cm³/mol. The number of H-pyrrole nitrogens is 1. The molecule has 150 valence electrons. The Morgan fingerprint density at radius 3 is 2.90 bits per heavy atom. The van der Waals surface area contributed by atoms with Crippen molar-refractivity contribution in [2.45, 2.75) is 32.4 Å². The summed E-state index contributed by atoms with van der Waals surface area (Å²) in [4.78, 5) is 34.3. The molecule has 1 amide bonds. The number of benzene rings is 2. The lowest BCUT2D eigenvalue weighted by Gasteiger charge is -2.25. The van der Waals surface area contributed by atoms with Crippen LogP contribution in [0.5, 0.6) is 0 Å². The zero-order valence-corrected chi connectivity index (χ0v) is 16.2. The van der Waals surface area contributed by atoms with Crippen LogP contribution in [0.3, 0.4) is 0 Å². The zero-order valence-electron chi connectivity index (χ0n) is 16.2. The van der Waals surface area contributed by atoms with E-state index in [0.29, 0.717) is 35.4 Å². The Bertz CT molecular complexity index is 1110. The molecule has 1 fully saturated rings. The van der Waals surface area contributed by atoms with Gasteiger partial charge in [-0.1, -0.05) is 18.2 Å². The molecule has 1 atom stereocenters. The van der Waals surface area contributed by atoms with E-state index in [4.69, 9.17) is 4.74 Å². The molecule has 1 aliphatic heterocycles. The summed E-state index contributed by atoms with van der Waals surface area (Å²) in [5.74, 6) is -0.368. The highest BCUT2D eigenvalue weighted by Gasteiger charge is 2.25. The van der Waals surface area contributed by atoms with Crippen LogP contribution in [0.4, 0.5) is 4.39 Å². The van der Waals surface area contributed by atoms with E-state index < -0.39 is 5.82 Å². The molecule has 0 saturated carbocycles. The van der Waals surface area contributed by atoms with Crippen LogP contribution >= 0.6 is 0 Å². The van der Waals surface area contributed by atoms with Gasteiger partial charge < -0.3 is 14.6 Å². The second-order valence-electron chi connectivity index (χ2n) is 7.31. The maximum atomic E-state index is 14.0. The van der Waals surface area contributed by atoms with Crippen molar-refractivity contribution in [1.29, 1.82) is 0 Å². The van der Waals surface area contributed by atoms with Crippen LogP contribution < -0.4 is 5.56 Å². The number of halogens is 1. The molecule has 1 saturated heterocycles. The Kier molecular flexibility index (Phi) is 5.40. The van der Waals surface area contributed by atoms with Gasteiger partial charge in [-0.2, -0.15) is 0 Å². The number of nitrogens with zero attached hydrogens (tertiary/aromatic N) is 2. The Morgan fingerprint density at radius 2 is 2.14 bits per heavy atom. The average Bonchev–Trinajstić information content (AvgIpc) is 3.22. The average molecular weight is 395 g/mol. The molecule has 2 heterocycles. The number of para-hydroxylation sites is 1. The Hall–Kier alpha value is -3.06. The molecule has 0 aliphatic carbocycles. The molecule has 0 spiro atoms. The molecule has 0 bridgehead atoms. The monoisotopic (exact) mass is 395 g/mol. The molecule has 29 heavy (non-hydrogen) atoms. The maximum Gasteiger partial charge on any atom is 0.258 e. The lowest BCUT2D eigenvalue weighted by Crippen LogP contribution is -2.38. The third-order valence-corrected chi connectivity index (χ3v) is 5.16. The number of fused-ring (bicyclic) bond motifs is 1. The fourth-order valence-corrected chi connectivity index (χ4v) is 3.55. The Morgan fingerprint density at radius 1 is 1.31 bits per heavy atom. The molecule has 0 unspecified atom stereocenters. The summed E-state index contributed by atoms with van der Waals surface area (Å²) < 4.78 is 19.7. The largest absolute Gasteiger partial charge is 0.376 e. The Labute approximate surface area is 167 Å². The Balaban J connectivity index is 1.65. The van der Waals surface area contributed by atoms with E-state index in [1.165, 1.54) is 6.07 Å². The number of aromatic amines is 1. The fraction of sp³-hybridized carbons (Fsp3) is 0.318. The van der Waals surface area contributed by atoms with Gasteiger partial charge in [0.05, 0.1) is 23.6 Å². The number of carbonyl (C=O) groups excluding carboxylic acids is 1. The SMILES string of the molecule is Cc1ccc(C(=O)N(Cc2nc3ccccc3c(=O)[nH]2)C[C@H]2CCCO2)cc1F. The summed E-state index contributed by atoms with van der Waals surface area (Å²) in [7, 11) is 0. The number of aromatic nitrogens is 2. The molecule has 2 aromatic carbocycles. The highest BCUT2D eigenvalue weighted by molar-refractivity contribution is 5.94. The first-order valence-corrected chi connectivity index (χ1v) is 9.66. The van der Waals surface area contributed by atoms with Gasteiger partial charge in [-0.3, -0.25) is 9.59 Å². The van der Waals surface area contributed by atoms with Crippen molar-refractivity contribution in [2.24, 2.45) is 0 Å². The van der Waals surface area contributed by atoms with Crippen molar-refractivity contribution in [3.63, 3.8) is 0 Å². The van der Waals surface area contributed by atoms with Gasteiger partial charge in [0, 0.05) is 18.7 Å². The normalized spacial score (nSPS) is 16.3. The van der Waals surface area contributed by atoms with E-state index in [1.54, 1.807) is 42.2 Å². The standard InChI is InChI=1S/C22H22FN3O3/c1-14-8-9-15(11-18(14)23)22(28)26(12-16-5-4-10-29-16)13-20-24-19-7-3-2-6-17(19)21(27)25-20/h2-3,6-9,11,16H,4-5,10,12-13H2,1H3,(H,24,25,27)/t16-/m1/s1. The van der Waals surface area contributed by atoms with Crippen molar-refractivity contribution in [3.8, 4) is 0 Å². The van der Waals surface area contributed by atoms with E-state index >= 15 is 0 Å². The molecule has 4 rings (SSSR count). The zero-order chi connectivity index (χ0) is 20.4. The van der Waals surface area contributed by atoms with Gasteiger partial charge in [0.2, 0.25) is 0 Å². The van der Waals surface area contributed by atoms with Gasteiger partial charge in [-0.25, -0.2) is 9.37 Å². The van der Waals surface area contributed by atoms with Crippen LogP contribution in [-0.4, -0.2) is 40.0 Å². The first kappa shape index (κ1) is 19.3. The predicted octanol–water partition coefficient (Wildman–Crippen LogP) is 3.19. The van der Waals surface area contributed by atoms with Crippen molar-refractivity contribution in [1.82, 2.24) is 14.9 Å². The molecule has 0 radical (unpaired) electrons. The lowest BCUT2D eigenvalue weighted by molar-refractivity contribution is 0.0501. The van der Waals surface area contributed by atoms with Crippen LogP contribution in [0, 0.1) is 12.7 Å². The van der Waals surface area contributed by atoms with Gasteiger partial charge in [0.1, 0.15) is 11.6 Å². The van der Waals surface area contributed by atoms with Gasteiger partial charge in [0.25, 0.3) is 11.5 Å². The van der Waals surface area contributed by atoms with Crippen molar-refractivity contribution in [2.75, 3.05) is 13.2 Å². The summed E-state index contributed by atoms with van der Waals surface area (Å²) in [5.41, 5.74) is 1.05. The second kappa shape index (κ2) is 8.13. The number of hydrogen-bond donors (Lipinski definition) is 1. The van der Waals surface area contributed by atoms with Crippen LogP contribution in [-0.2, 0) is 11.3 Å². The molecule has 1 aromatic heterocycles. The molecule has 7 heteroatoms. The first-order valence-electron chi connectivity index (χ1n) is 9.66. The number of rotatable bonds is 5. The quantitative estimate of drug-likeness (QED) is 0.720. The summed E-state index contributed by atoms with van der Waals surface area (Å²) >= 11 is 0. The van der Waals surface area contributed by atoms with E-state index in [-0.39, 0.29) is 29.7 Å². The molecular weight excluding hydrogens is 373 g/mol. The van der Waals surface area contributed by atoms with E-state index in [1.807, 2.05) is 6.07 Å². The van der Waals surface area contributed by atoms with Crippen molar-refractivity contribution < 1.29 is 13.9 Å². The molecule has 3 aromatic rings. The molecule has 6 nitrogen and oxygen atoms in total. The van der Waals surface area contributed by atoms with Gasteiger partial charge in [-0.05, 0) is 49.6 Å². The third kappa shape index (κ3) is 4.19. The number of carbonyl (C=O) groups is 1. The highest BCUT2D eigenvalue weighted by Crippen LogP contribution is 2.18. The number of amides is 1. The lowest BCUT2D eigenvalue weighted by atomic mass is 10.1. The van der Waals surface area contributed by atoms with Gasteiger partial charge in [-0.15, -0.1) is 0 Å². The number of ether oxygens (including phenoxy) is 1. The minimum Gasteiger partial charge on any atom is -0.376 e. The summed E-state index contributed by atoms with van der Waals surface area (Å²) in [6.07, 6.45) is 1.71. The van der Waals surface area contributed by atoms with E-state index in [0.717, 1.165) is 12.8 Å². The minimum absolute atomic E-state index is 0.0820. The molecule has 1 aliphatic rings. The van der Waals surface area contributed by atoms with Crippen LogP contribution in [0.25, 0.3) is 10.9 Å². The van der Waals surface area contributed by atoms with Crippen LogP contribution in [0.15, 0.2) is 47.3 Å². The van der Waals surface area contributed by atoms with Crippen molar-refractivity contribution >= 4 is 16.8 Å². The summed E-state index contributed by atoms with van der Waals surface area (Å²) in [6.45, 7) is 2.77.